The van der Waals surface area contributed by atoms with Crippen molar-refractivity contribution in [1.82, 2.24) is 0 Å². The van der Waals surface area contributed by atoms with Crippen molar-refractivity contribution in [2.24, 2.45) is 0 Å². The van der Waals surface area contributed by atoms with Gasteiger partial charge in [-0.3, -0.25) is 4.79 Å². The number of hydrogen-bond donors (Lipinski definition) is 30. The summed E-state index contributed by atoms with van der Waals surface area (Å²) in [6, 6.07) is 0. The highest BCUT2D eigenvalue weighted by atomic mass is 16.5. The summed E-state index contributed by atoms with van der Waals surface area (Å²) in [6.07, 6.45) is -37.1. The predicted octanol–water partition coefficient (Wildman–Crippen LogP) is -15.5. The van der Waals surface area contributed by atoms with Crippen molar-refractivity contribution in [1.29, 1.82) is 0 Å². The third-order valence-corrected chi connectivity index (χ3v) is 8.61. The van der Waals surface area contributed by atoms with Crippen molar-refractivity contribution in [2.75, 3.05) is 33.0 Å². The van der Waals surface area contributed by atoms with E-state index in [1.165, 1.54) is 0 Å². The van der Waals surface area contributed by atoms with Crippen LogP contribution in [0.25, 0.3) is 0 Å². The summed E-state index contributed by atoms with van der Waals surface area (Å²) in [4.78, 5) is 50.8. The fourth-order valence-corrected chi connectivity index (χ4v) is 4.23. The molecule has 0 fully saturated rings. The molecule has 20 atom stereocenters. The van der Waals surface area contributed by atoms with E-state index in [9.17, 15) is 24.0 Å². The molecule has 0 aliphatic carbocycles. The molecular formula is C35H70O35. The van der Waals surface area contributed by atoms with Gasteiger partial charge in [-0.25, -0.2) is 19.2 Å². The third kappa shape index (κ3) is 33.8. The van der Waals surface area contributed by atoms with E-state index in [0.29, 0.717) is 0 Å². The lowest BCUT2D eigenvalue weighted by Gasteiger charge is -2.24. The minimum Gasteiger partial charge on any atom is -0.481 e. The number of carbonyl (C=O) groups is 5. The summed E-state index contributed by atoms with van der Waals surface area (Å²) >= 11 is 0. The molecule has 20 unspecified atom stereocenters. The Kier molecular flexibility index (Phi) is 44.0. The number of carboxylic acid groups (broad SMARTS) is 5. The zero-order chi connectivity index (χ0) is 56.5. The first-order valence-electron chi connectivity index (χ1n) is 19.8. The van der Waals surface area contributed by atoms with Crippen LogP contribution in [0, 0.1) is 0 Å². The molecule has 30 N–H and O–H groups in total. The summed E-state index contributed by atoms with van der Waals surface area (Å²) in [7, 11) is 0. The molecule has 0 aromatic carbocycles. The van der Waals surface area contributed by atoms with E-state index in [0.717, 1.165) is 0 Å². The maximum Gasteiger partial charge on any atom is 0.335 e. The Morgan fingerprint density at radius 3 is 1.03 bits per heavy atom. The van der Waals surface area contributed by atoms with Crippen LogP contribution in [0.2, 0.25) is 0 Å². The van der Waals surface area contributed by atoms with Gasteiger partial charge >= 0.3 is 29.8 Å². The van der Waals surface area contributed by atoms with Crippen LogP contribution >= 0.6 is 0 Å². The summed E-state index contributed by atoms with van der Waals surface area (Å²) in [5, 5.41) is 263. The quantitative estimate of drug-likeness (QED) is 0.0318. The molecule has 0 aromatic heterocycles. The third-order valence-electron chi connectivity index (χ3n) is 8.61. The van der Waals surface area contributed by atoms with E-state index in [4.69, 9.17) is 153 Å². The van der Waals surface area contributed by atoms with Gasteiger partial charge in [0.05, 0.1) is 75.6 Å². The first-order chi connectivity index (χ1) is 32.0. The Balaban J connectivity index is -0.000000251. The van der Waals surface area contributed by atoms with Gasteiger partial charge in [-0.1, -0.05) is 0 Å². The number of aliphatic carboxylic acids is 5. The number of aliphatic hydroxyl groups is 25. The first kappa shape index (κ1) is 75.3. The number of carboxylic acids is 5. The highest BCUT2D eigenvalue weighted by molar-refractivity contribution is 5.73. The van der Waals surface area contributed by atoms with Crippen LogP contribution in [0.4, 0.5) is 0 Å². The molecule has 0 amide bonds. The topological polar surface area (TPSA) is 692 Å². The van der Waals surface area contributed by atoms with Crippen molar-refractivity contribution in [3.63, 3.8) is 0 Å². The molecule has 0 heterocycles. The maximum absolute atomic E-state index is 10.2. The molecule has 0 bridgehead atoms. The van der Waals surface area contributed by atoms with E-state index in [1.54, 1.807) is 0 Å². The van der Waals surface area contributed by atoms with Gasteiger partial charge in [0.2, 0.25) is 0 Å². The largest absolute Gasteiger partial charge is 0.481 e. The van der Waals surface area contributed by atoms with E-state index >= 15 is 0 Å². The van der Waals surface area contributed by atoms with Crippen molar-refractivity contribution in [2.45, 2.75) is 154 Å². The highest BCUT2D eigenvalue weighted by Crippen LogP contribution is 2.11. The minimum atomic E-state index is -2.17. The monoisotopic (exact) mass is 1050 g/mol. The smallest absolute Gasteiger partial charge is 0.335 e. The molecule has 0 aliphatic rings. The summed E-state index contributed by atoms with van der Waals surface area (Å²) in [5.74, 6) is -7.87. The van der Waals surface area contributed by atoms with Gasteiger partial charge in [-0.05, 0) is 6.42 Å². The van der Waals surface area contributed by atoms with Gasteiger partial charge in [0, 0.05) is 25.9 Å². The molecule has 0 spiro atoms. The van der Waals surface area contributed by atoms with Gasteiger partial charge in [0.25, 0.3) is 0 Å². The molecule has 0 rings (SSSR count). The van der Waals surface area contributed by atoms with Gasteiger partial charge in [-0.2, -0.15) is 0 Å². The van der Waals surface area contributed by atoms with E-state index in [-0.39, 0.29) is 6.42 Å². The molecule has 35 heteroatoms. The average Bonchev–Trinajstić information content (AvgIpc) is 3.30. The van der Waals surface area contributed by atoms with Crippen LogP contribution in [0.1, 0.15) is 32.1 Å². The summed E-state index contributed by atoms with van der Waals surface area (Å²) in [6.45, 7) is -3.31. The van der Waals surface area contributed by atoms with Gasteiger partial charge in [0.1, 0.15) is 54.9 Å². The van der Waals surface area contributed by atoms with Crippen molar-refractivity contribution < 1.29 is 177 Å². The molecule has 70 heavy (non-hydrogen) atoms. The number of aliphatic hydroxyl groups excluding tert-OH is 25. The highest BCUT2D eigenvalue weighted by Gasteiger charge is 2.35. The summed E-state index contributed by atoms with van der Waals surface area (Å²) < 4.78 is 0. The second-order valence-corrected chi connectivity index (χ2v) is 14.5. The fourth-order valence-electron chi connectivity index (χ4n) is 4.23. The van der Waals surface area contributed by atoms with Gasteiger partial charge < -0.3 is 153 Å². The number of rotatable bonds is 30. The Morgan fingerprint density at radius 2 is 0.671 bits per heavy atom. The lowest BCUT2D eigenvalue weighted by Crippen LogP contribution is -2.47. The van der Waals surface area contributed by atoms with Crippen LogP contribution in [-0.2, 0) is 24.0 Å². The average molecular weight is 1050 g/mol. The molecule has 0 aliphatic heterocycles. The SMILES string of the molecule is O=C(O)C(O)C(O)C(O)C(O)CCO.O=C(O)C(O)C(O)C(O)CC(O)CO.O=C(O)C(O)C(O)CC(O)C(O)CO.O=C(O)C(O)CC(O)C(O)C(O)CO.O=C(O)CC(O)C(O)C(O)C(O)CO. The van der Waals surface area contributed by atoms with E-state index in [2.05, 4.69) is 0 Å². The zero-order valence-electron chi connectivity index (χ0n) is 36.6. The lowest BCUT2D eigenvalue weighted by molar-refractivity contribution is -0.163. The zero-order valence-corrected chi connectivity index (χ0v) is 36.6. The first-order valence-corrected chi connectivity index (χ1v) is 19.8. The predicted molar refractivity (Wildman–Crippen MR) is 217 cm³/mol. The summed E-state index contributed by atoms with van der Waals surface area (Å²) in [5.41, 5.74) is 0. The van der Waals surface area contributed by atoms with Gasteiger partial charge in [-0.15, -0.1) is 0 Å². The van der Waals surface area contributed by atoms with E-state index in [1.807, 2.05) is 0 Å². The molecular weight excluding hydrogens is 980 g/mol. The van der Waals surface area contributed by atoms with Gasteiger partial charge in [0.15, 0.2) is 24.4 Å². The molecule has 35 nitrogen and oxygen atoms in total. The van der Waals surface area contributed by atoms with Crippen molar-refractivity contribution in [3.8, 4) is 0 Å². The van der Waals surface area contributed by atoms with E-state index < -0.39 is 211 Å². The second kappa shape index (κ2) is 40.9. The fraction of sp³-hybridized carbons (Fsp3) is 0.857. The number of hydrogen-bond acceptors (Lipinski definition) is 30. The van der Waals surface area contributed by atoms with Crippen LogP contribution in [0.3, 0.4) is 0 Å². The normalized spacial score (nSPS) is 19.8. The standard InChI is InChI=1S/5C7H14O7/c8-2-4(10)7(14)6(13)3(9)1-5(11)12;8-2-5(11)6(12)3(9)1-4(10)7(13)14;8-2-5(11)3(9)1-4(10)6(12)7(13)14;8-2-3(9)1-4(10)5(11)6(12)7(13)14;8-2-1-3(9)4(10)5(11)6(12)7(13)14/h3-4,6-10,13-14H,1-2H2,(H,11,12);4*3-6,8-12H,1-2H2,(H,13,14). The molecule has 0 aromatic rings. The molecule has 0 radical (unpaired) electrons. The Hall–Kier alpha value is -3.65. The molecule has 0 saturated heterocycles. The Labute approximate surface area is 394 Å². The Morgan fingerprint density at radius 1 is 0.300 bits per heavy atom. The van der Waals surface area contributed by atoms with Crippen LogP contribution in [-0.4, -0.2) is 338 Å². The van der Waals surface area contributed by atoms with Crippen molar-refractivity contribution in [3.05, 3.63) is 0 Å². The van der Waals surface area contributed by atoms with Crippen LogP contribution in [0.15, 0.2) is 0 Å². The second-order valence-electron chi connectivity index (χ2n) is 14.5. The molecule has 0 saturated carbocycles. The molecule has 420 valence electrons. The van der Waals surface area contributed by atoms with Crippen LogP contribution in [0.5, 0.6) is 0 Å². The minimum absolute atomic E-state index is 0.218. The maximum atomic E-state index is 10.2. The Bertz CT molecular complexity index is 1380. The van der Waals surface area contributed by atoms with Crippen molar-refractivity contribution >= 4 is 29.8 Å². The lowest BCUT2D eigenvalue weighted by atomic mass is 10.0. The van der Waals surface area contributed by atoms with Crippen LogP contribution < -0.4 is 0 Å².